The minimum atomic E-state index is -1.91. The molecule has 0 saturated carbocycles. The van der Waals surface area contributed by atoms with Crippen molar-refractivity contribution in [3.05, 3.63) is 6.92 Å². The first-order valence-corrected chi connectivity index (χ1v) is 2.11. The van der Waals surface area contributed by atoms with E-state index < -0.39 is 18.5 Å². The highest BCUT2D eigenvalue weighted by Crippen LogP contribution is 1.93. The van der Waals surface area contributed by atoms with Gasteiger partial charge in [0.2, 0.25) is 0 Å². The third-order valence-electron chi connectivity index (χ3n) is 0.700. The van der Waals surface area contributed by atoms with E-state index in [1.54, 1.807) is 0 Å². The predicted octanol–water partition coefficient (Wildman–Crippen LogP) is -2.15. The van der Waals surface area contributed by atoms with Crippen LogP contribution in [0.3, 0.4) is 0 Å². The summed E-state index contributed by atoms with van der Waals surface area (Å²) in [5, 5.41) is 32.9. The third-order valence-corrected chi connectivity index (χ3v) is 0.700. The normalized spacial score (nSPS) is 18.8. The Morgan fingerprint density at radius 3 is 1.38 bits per heavy atom. The van der Waals surface area contributed by atoms with E-state index in [0.717, 1.165) is 0 Å². The topological polar surface area (TPSA) is 80.9 Å². The molecule has 49 valence electrons. The van der Waals surface area contributed by atoms with E-state index in [1.807, 2.05) is 0 Å². The second-order valence-electron chi connectivity index (χ2n) is 1.47. The van der Waals surface area contributed by atoms with Gasteiger partial charge >= 0.3 is 0 Å². The Bertz CT molecular complexity index is 53.1. The van der Waals surface area contributed by atoms with Crippen molar-refractivity contribution in [2.75, 3.05) is 0 Å². The van der Waals surface area contributed by atoms with Crippen LogP contribution in [-0.4, -0.2) is 38.9 Å². The van der Waals surface area contributed by atoms with Gasteiger partial charge in [-0.15, -0.1) is 0 Å². The van der Waals surface area contributed by atoms with E-state index in [4.69, 9.17) is 20.4 Å². The van der Waals surface area contributed by atoms with Crippen LogP contribution in [0.15, 0.2) is 0 Å². The van der Waals surface area contributed by atoms with Crippen molar-refractivity contribution < 1.29 is 20.4 Å². The van der Waals surface area contributed by atoms with Crippen molar-refractivity contribution in [2.24, 2.45) is 0 Å². The highest BCUT2D eigenvalue weighted by Gasteiger charge is 2.17. The second kappa shape index (κ2) is 2.99. The van der Waals surface area contributed by atoms with Crippen LogP contribution in [0.1, 0.15) is 0 Å². The molecule has 0 aliphatic carbocycles. The van der Waals surface area contributed by atoms with Gasteiger partial charge in [0.1, 0.15) is 6.10 Å². The molecule has 4 nitrogen and oxygen atoms in total. The molecule has 0 aromatic rings. The minimum absolute atomic E-state index is 1.35. The van der Waals surface area contributed by atoms with Gasteiger partial charge in [0.25, 0.3) is 0 Å². The van der Waals surface area contributed by atoms with Gasteiger partial charge < -0.3 is 20.4 Å². The lowest BCUT2D eigenvalue weighted by Crippen LogP contribution is -2.35. The van der Waals surface area contributed by atoms with Gasteiger partial charge in [-0.05, 0) is 6.92 Å². The van der Waals surface area contributed by atoms with Crippen molar-refractivity contribution in [1.82, 2.24) is 0 Å². The Labute approximate surface area is 47.0 Å². The van der Waals surface area contributed by atoms with Crippen molar-refractivity contribution in [3.8, 4) is 0 Å². The summed E-state index contributed by atoms with van der Waals surface area (Å²) >= 11 is 0. The Hall–Kier alpha value is -0.160. The molecule has 0 aliphatic heterocycles. The lowest BCUT2D eigenvalue weighted by molar-refractivity contribution is -0.148. The molecule has 0 bridgehead atoms. The van der Waals surface area contributed by atoms with Crippen LogP contribution in [0.25, 0.3) is 0 Å². The van der Waals surface area contributed by atoms with Crippen molar-refractivity contribution in [3.63, 3.8) is 0 Å². The first-order chi connectivity index (χ1) is 3.55. The highest BCUT2D eigenvalue weighted by molar-refractivity contribution is 4.69. The average Bonchev–Trinajstić information content (AvgIpc) is 1.64. The maximum atomic E-state index is 8.39. The molecule has 0 saturated heterocycles. The van der Waals surface area contributed by atoms with Gasteiger partial charge in [-0.1, -0.05) is 0 Å². The molecule has 4 heteroatoms. The molecular formula is C4H9O4. The second-order valence-corrected chi connectivity index (χ2v) is 1.47. The summed E-state index contributed by atoms with van der Waals surface area (Å²) in [7, 11) is 0. The largest absolute Gasteiger partial charge is 0.390 e. The lowest BCUT2D eigenvalue weighted by atomic mass is 10.2. The number of hydrogen-bond donors (Lipinski definition) is 4. The fraction of sp³-hybridized carbons (Fsp3) is 0.750. The quantitative estimate of drug-likeness (QED) is 0.314. The van der Waals surface area contributed by atoms with Crippen molar-refractivity contribution >= 4 is 0 Å². The number of aliphatic hydroxyl groups excluding tert-OH is 3. The zero-order valence-corrected chi connectivity index (χ0v) is 4.23. The Morgan fingerprint density at radius 2 is 1.38 bits per heavy atom. The highest BCUT2D eigenvalue weighted by atomic mass is 16.5. The average molecular weight is 121 g/mol. The van der Waals surface area contributed by atoms with Crippen LogP contribution in [0.2, 0.25) is 0 Å². The molecule has 0 heterocycles. The molecule has 8 heavy (non-hydrogen) atoms. The number of rotatable bonds is 2. The summed E-state index contributed by atoms with van der Waals surface area (Å²) in [6, 6.07) is 0. The summed E-state index contributed by atoms with van der Waals surface area (Å²) in [5.74, 6) is 0. The van der Waals surface area contributed by atoms with Crippen molar-refractivity contribution in [1.29, 1.82) is 0 Å². The molecule has 0 fully saturated rings. The van der Waals surface area contributed by atoms with E-state index in [0.29, 0.717) is 0 Å². The van der Waals surface area contributed by atoms with E-state index in [1.165, 1.54) is 0 Å². The van der Waals surface area contributed by atoms with Gasteiger partial charge in [0.05, 0.1) is 6.10 Å². The maximum absolute atomic E-state index is 8.39. The van der Waals surface area contributed by atoms with E-state index in [2.05, 4.69) is 6.92 Å². The van der Waals surface area contributed by atoms with Gasteiger partial charge in [-0.3, -0.25) is 0 Å². The van der Waals surface area contributed by atoms with Crippen LogP contribution >= 0.6 is 0 Å². The first kappa shape index (κ1) is 7.84. The third kappa shape index (κ3) is 2.23. The molecule has 1 radical (unpaired) electrons. The molecule has 0 amide bonds. The minimum Gasteiger partial charge on any atom is -0.390 e. The SMILES string of the molecule is [CH2]C(O)C(O)C(O)O. The monoisotopic (exact) mass is 121 g/mol. The molecule has 0 spiro atoms. The number of aliphatic hydroxyl groups is 4. The van der Waals surface area contributed by atoms with Crippen LogP contribution in [0, 0.1) is 6.92 Å². The molecule has 0 aromatic heterocycles. The van der Waals surface area contributed by atoms with E-state index >= 15 is 0 Å². The van der Waals surface area contributed by atoms with Crippen LogP contribution in [-0.2, 0) is 0 Å². The smallest absolute Gasteiger partial charge is 0.180 e. The van der Waals surface area contributed by atoms with E-state index in [9.17, 15) is 0 Å². The summed E-state index contributed by atoms with van der Waals surface area (Å²) in [6.07, 6.45) is -4.84. The Kier molecular flexibility index (Phi) is 2.93. The van der Waals surface area contributed by atoms with Crippen LogP contribution in [0.4, 0.5) is 0 Å². The lowest BCUT2D eigenvalue weighted by Gasteiger charge is -2.13. The molecule has 4 N–H and O–H groups in total. The first-order valence-electron chi connectivity index (χ1n) is 2.11. The Morgan fingerprint density at radius 1 is 1.00 bits per heavy atom. The number of hydrogen-bond acceptors (Lipinski definition) is 4. The van der Waals surface area contributed by atoms with Crippen LogP contribution < -0.4 is 0 Å². The molecular weight excluding hydrogens is 112 g/mol. The fourth-order valence-corrected chi connectivity index (χ4v) is 0.199. The summed E-state index contributed by atoms with van der Waals surface area (Å²) < 4.78 is 0. The summed E-state index contributed by atoms with van der Waals surface area (Å²) in [6.45, 7) is 2.95. The Balaban J connectivity index is 3.46. The van der Waals surface area contributed by atoms with Gasteiger partial charge in [0.15, 0.2) is 6.29 Å². The zero-order chi connectivity index (χ0) is 6.73. The van der Waals surface area contributed by atoms with Crippen molar-refractivity contribution in [2.45, 2.75) is 18.5 Å². The molecule has 0 rings (SSSR count). The maximum Gasteiger partial charge on any atom is 0.180 e. The van der Waals surface area contributed by atoms with Gasteiger partial charge in [0, 0.05) is 0 Å². The summed E-state index contributed by atoms with van der Waals surface area (Å²) in [4.78, 5) is 0. The van der Waals surface area contributed by atoms with Gasteiger partial charge in [-0.2, -0.15) is 0 Å². The van der Waals surface area contributed by atoms with Gasteiger partial charge in [-0.25, -0.2) is 0 Å². The molecule has 2 atom stereocenters. The zero-order valence-electron chi connectivity index (χ0n) is 4.23. The molecule has 0 aliphatic rings. The van der Waals surface area contributed by atoms with E-state index in [-0.39, 0.29) is 0 Å². The standard InChI is InChI=1S/C4H9O4/c1-2(5)3(6)4(7)8/h2-8H,1H2. The fourth-order valence-electron chi connectivity index (χ4n) is 0.199. The molecule has 0 aromatic carbocycles. The predicted molar refractivity (Wildman–Crippen MR) is 25.6 cm³/mol. The van der Waals surface area contributed by atoms with Crippen LogP contribution in [0.5, 0.6) is 0 Å². The summed E-state index contributed by atoms with van der Waals surface area (Å²) in [5.41, 5.74) is 0. The molecule has 2 unspecified atom stereocenters.